The van der Waals surface area contributed by atoms with Crippen molar-refractivity contribution in [2.24, 2.45) is 5.92 Å². The van der Waals surface area contributed by atoms with Crippen LogP contribution in [0.25, 0.3) is 0 Å². The van der Waals surface area contributed by atoms with Crippen molar-refractivity contribution < 1.29 is 14.1 Å². The molecule has 1 aromatic carbocycles. The van der Waals surface area contributed by atoms with Crippen LogP contribution in [0, 0.1) is 12.8 Å². The van der Waals surface area contributed by atoms with Crippen molar-refractivity contribution in [2.45, 2.75) is 37.8 Å². The molecule has 0 aliphatic carbocycles. The average molecular weight is 367 g/mol. The third kappa shape index (κ3) is 2.65. The molecule has 6 heteroatoms. The maximum atomic E-state index is 13.3. The number of nitrogens with zero attached hydrogens (tertiary/aromatic N) is 3. The van der Waals surface area contributed by atoms with Gasteiger partial charge in [-0.1, -0.05) is 17.3 Å². The summed E-state index contributed by atoms with van der Waals surface area (Å²) in [6, 6.07) is 10.7. The lowest BCUT2D eigenvalue weighted by Gasteiger charge is -2.51. The van der Waals surface area contributed by atoms with E-state index in [-0.39, 0.29) is 11.9 Å². The van der Waals surface area contributed by atoms with Crippen LogP contribution in [-0.2, 0) is 0 Å². The van der Waals surface area contributed by atoms with Crippen LogP contribution in [0.2, 0.25) is 0 Å². The quantitative estimate of drug-likeness (QED) is 0.835. The topological polar surface area (TPSA) is 58.8 Å². The van der Waals surface area contributed by atoms with Crippen molar-refractivity contribution >= 4 is 5.91 Å². The van der Waals surface area contributed by atoms with Crippen LogP contribution in [0.1, 0.15) is 40.6 Å². The maximum Gasteiger partial charge on any atom is 0.276 e. The van der Waals surface area contributed by atoms with Gasteiger partial charge in [-0.2, -0.15) is 0 Å². The molecule has 0 saturated carbocycles. The van der Waals surface area contributed by atoms with Crippen molar-refractivity contribution in [3.63, 3.8) is 0 Å². The Hall–Kier alpha value is -2.34. The number of rotatable bonds is 3. The molecular formula is C21H25N3O3. The summed E-state index contributed by atoms with van der Waals surface area (Å²) in [6.07, 6.45) is 2.35. The summed E-state index contributed by atoms with van der Waals surface area (Å²) in [5.74, 6) is 2.42. The van der Waals surface area contributed by atoms with E-state index in [0.717, 1.165) is 25.4 Å². The third-order valence-electron chi connectivity index (χ3n) is 6.62. The van der Waals surface area contributed by atoms with Crippen molar-refractivity contribution in [2.75, 3.05) is 26.7 Å². The van der Waals surface area contributed by atoms with Gasteiger partial charge in [0.25, 0.3) is 5.91 Å². The van der Waals surface area contributed by atoms with Gasteiger partial charge in [0.2, 0.25) is 0 Å². The van der Waals surface area contributed by atoms with Gasteiger partial charge in [0.05, 0.1) is 13.2 Å². The highest BCUT2D eigenvalue weighted by Gasteiger charge is 2.55. The molecule has 4 aliphatic heterocycles. The molecule has 142 valence electrons. The first kappa shape index (κ1) is 16.8. The predicted octanol–water partition coefficient (Wildman–Crippen LogP) is 2.69. The molecule has 4 saturated heterocycles. The van der Waals surface area contributed by atoms with Crippen molar-refractivity contribution in [3.8, 4) is 5.75 Å². The van der Waals surface area contributed by atoms with Gasteiger partial charge < -0.3 is 14.2 Å². The first-order chi connectivity index (χ1) is 13.2. The van der Waals surface area contributed by atoms with Crippen LogP contribution in [0.5, 0.6) is 5.75 Å². The number of fused-ring (bicyclic) bond motifs is 2. The Morgan fingerprint density at radius 3 is 2.74 bits per heavy atom. The summed E-state index contributed by atoms with van der Waals surface area (Å²) < 4.78 is 10.6. The number of aromatic nitrogens is 1. The first-order valence-electron chi connectivity index (χ1n) is 9.78. The molecule has 2 aromatic rings. The number of hydrogen-bond donors (Lipinski definition) is 0. The van der Waals surface area contributed by atoms with E-state index in [2.05, 4.69) is 27.1 Å². The van der Waals surface area contributed by atoms with Crippen LogP contribution in [0.15, 0.2) is 34.9 Å². The van der Waals surface area contributed by atoms with Gasteiger partial charge >= 0.3 is 0 Å². The highest BCUT2D eigenvalue weighted by Crippen LogP contribution is 2.47. The number of carbonyl (C=O) groups is 1. The molecule has 6 rings (SSSR count). The molecule has 0 unspecified atom stereocenters. The van der Waals surface area contributed by atoms with Gasteiger partial charge in [0.15, 0.2) is 5.69 Å². The number of piperidine rings is 3. The minimum Gasteiger partial charge on any atom is -0.497 e. The molecule has 0 spiro atoms. The van der Waals surface area contributed by atoms with E-state index >= 15 is 0 Å². The molecular weight excluding hydrogens is 342 g/mol. The van der Waals surface area contributed by atoms with Crippen LogP contribution in [-0.4, -0.2) is 59.7 Å². The summed E-state index contributed by atoms with van der Waals surface area (Å²) in [5.41, 5.74) is 1.68. The molecule has 4 aliphatic rings. The fraction of sp³-hybridized carbons (Fsp3) is 0.524. The number of amides is 1. The number of benzene rings is 1. The van der Waals surface area contributed by atoms with E-state index in [1.807, 2.05) is 19.1 Å². The highest BCUT2D eigenvalue weighted by molar-refractivity contribution is 5.93. The molecule has 0 N–H and O–H groups in total. The smallest absolute Gasteiger partial charge is 0.276 e. The SMILES string of the molecule is COc1cccc([C@H]2CN(C(=O)c3cc(C)on3)[C@@H]3C4CCN(CC4)[C@H]23)c1. The fourth-order valence-electron chi connectivity index (χ4n) is 5.43. The second kappa shape index (κ2) is 6.37. The van der Waals surface area contributed by atoms with E-state index in [9.17, 15) is 4.79 Å². The van der Waals surface area contributed by atoms with Crippen LogP contribution in [0.4, 0.5) is 0 Å². The van der Waals surface area contributed by atoms with Crippen molar-refractivity contribution in [3.05, 3.63) is 47.3 Å². The van der Waals surface area contributed by atoms with E-state index in [0.29, 0.717) is 29.3 Å². The fourth-order valence-corrected chi connectivity index (χ4v) is 5.43. The Balaban J connectivity index is 1.52. The van der Waals surface area contributed by atoms with E-state index < -0.39 is 0 Å². The predicted molar refractivity (Wildman–Crippen MR) is 99.9 cm³/mol. The van der Waals surface area contributed by atoms with Gasteiger partial charge in [-0.05, 0) is 56.5 Å². The number of ether oxygens (including phenoxy) is 1. The minimum absolute atomic E-state index is 0.000922. The zero-order valence-corrected chi connectivity index (χ0v) is 15.8. The zero-order chi connectivity index (χ0) is 18.5. The lowest BCUT2D eigenvalue weighted by atomic mass is 9.75. The van der Waals surface area contributed by atoms with Crippen LogP contribution >= 0.6 is 0 Å². The van der Waals surface area contributed by atoms with E-state index in [1.54, 1.807) is 13.2 Å². The maximum absolute atomic E-state index is 13.3. The molecule has 6 nitrogen and oxygen atoms in total. The number of aryl methyl sites for hydroxylation is 1. The van der Waals surface area contributed by atoms with Crippen molar-refractivity contribution in [1.82, 2.24) is 15.0 Å². The molecule has 4 fully saturated rings. The summed E-state index contributed by atoms with van der Waals surface area (Å²) in [7, 11) is 1.70. The number of carbonyl (C=O) groups excluding carboxylic acids is 1. The Morgan fingerprint density at radius 2 is 2.04 bits per heavy atom. The third-order valence-corrected chi connectivity index (χ3v) is 6.62. The minimum atomic E-state index is 0.000922. The van der Waals surface area contributed by atoms with Gasteiger partial charge in [-0.15, -0.1) is 0 Å². The second-order valence-electron chi connectivity index (χ2n) is 8.02. The van der Waals surface area contributed by atoms with Gasteiger partial charge in [-0.25, -0.2) is 0 Å². The van der Waals surface area contributed by atoms with Crippen LogP contribution in [0.3, 0.4) is 0 Å². The monoisotopic (exact) mass is 367 g/mol. The first-order valence-corrected chi connectivity index (χ1v) is 9.78. The zero-order valence-electron chi connectivity index (χ0n) is 15.8. The molecule has 3 atom stereocenters. The Morgan fingerprint density at radius 1 is 1.22 bits per heavy atom. The lowest BCUT2D eigenvalue weighted by Crippen LogP contribution is -2.60. The summed E-state index contributed by atoms with van der Waals surface area (Å²) in [4.78, 5) is 17.9. The number of methoxy groups -OCH3 is 1. The molecule has 27 heavy (non-hydrogen) atoms. The normalized spacial score (nSPS) is 31.8. The average Bonchev–Trinajstić information content (AvgIpc) is 3.34. The van der Waals surface area contributed by atoms with Gasteiger partial charge in [0.1, 0.15) is 11.5 Å². The standard InChI is InChI=1S/C21H25N3O3/c1-13-10-18(22-27-13)21(25)24-12-17(15-4-3-5-16(11-15)26-2)20-19(24)14-6-8-23(20)9-7-14/h3-5,10-11,14,17,19-20H,6-9,12H2,1-2H3/t17-,19-,20-/m1/s1. The van der Waals surface area contributed by atoms with Gasteiger partial charge in [-0.3, -0.25) is 9.69 Å². The second-order valence-corrected chi connectivity index (χ2v) is 8.02. The summed E-state index contributed by atoms with van der Waals surface area (Å²) in [6.45, 7) is 4.82. The highest BCUT2D eigenvalue weighted by atomic mass is 16.5. The molecule has 1 amide bonds. The Bertz CT molecular complexity index is 856. The van der Waals surface area contributed by atoms with E-state index in [4.69, 9.17) is 9.26 Å². The largest absolute Gasteiger partial charge is 0.497 e. The number of hydrogen-bond acceptors (Lipinski definition) is 5. The Kier molecular flexibility index (Phi) is 3.97. The molecule has 0 radical (unpaired) electrons. The van der Waals surface area contributed by atoms with E-state index in [1.165, 1.54) is 18.4 Å². The van der Waals surface area contributed by atoms with Crippen molar-refractivity contribution in [1.29, 1.82) is 0 Å². The molecule has 1 aromatic heterocycles. The van der Waals surface area contributed by atoms with Gasteiger partial charge in [0, 0.05) is 24.6 Å². The lowest BCUT2D eigenvalue weighted by molar-refractivity contribution is -0.00369. The Labute approximate surface area is 159 Å². The molecule has 5 heterocycles. The number of likely N-dealkylation sites (tertiary alicyclic amines) is 1. The van der Waals surface area contributed by atoms with Crippen LogP contribution < -0.4 is 4.74 Å². The molecule has 2 bridgehead atoms. The summed E-state index contributed by atoms with van der Waals surface area (Å²) >= 11 is 0. The summed E-state index contributed by atoms with van der Waals surface area (Å²) in [5, 5.41) is 3.99.